The molecular formula is C18H34N2O. The Morgan fingerprint density at radius 3 is 2.57 bits per heavy atom. The Hall–Kier alpha value is -0.120. The van der Waals surface area contributed by atoms with E-state index in [0.29, 0.717) is 5.41 Å². The molecule has 1 aliphatic heterocycles. The number of rotatable bonds is 6. The fourth-order valence-corrected chi connectivity index (χ4v) is 4.56. The van der Waals surface area contributed by atoms with Gasteiger partial charge >= 0.3 is 0 Å². The smallest absolute Gasteiger partial charge is 0.0480 e. The summed E-state index contributed by atoms with van der Waals surface area (Å²) >= 11 is 0. The van der Waals surface area contributed by atoms with Crippen molar-refractivity contribution < 1.29 is 4.74 Å². The lowest BCUT2D eigenvalue weighted by atomic mass is 9.69. The minimum Gasteiger partial charge on any atom is -0.381 e. The van der Waals surface area contributed by atoms with E-state index < -0.39 is 0 Å². The molecule has 3 aliphatic rings. The zero-order valence-electron chi connectivity index (χ0n) is 14.1. The van der Waals surface area contributed by atoms with E-state index in [1.807, 2.05) is 0 Å². The average molecular weight is 294 g/mol. The van der Waals surface area contributed by atoms with Gasteiger partial charge in [0.1, 0.15) is 0 Å². The number of nitrogens with one attached hydrogen (secondary N) is 1. The van der Waals surface area contributed by atoms with Crippen molar-refractivity contribution in [1.29, 1.82) is 0 Å². The van der Waals surface area contributed by atoms with Crippen molar-refractivity contribution in [3.63, 3.8) is 0 Å². The molecule has 0 amide bonds. The van der Waals surface area contributed by atoms with Gasteiger partial charge in [0.25, 0.3) is 0 Å². The van der Waals surface area contributed by atoms with Gasteiger partial charge in [0.2, 0.25) is 0 Å². The van der Waals surface area contributed by atoms with E-state index in [4.69, 9.17) is 4.74 Å². The Bertz CT molecular complexity index is 325. The highest BCUT2D eigenvalue weighted by atomic mass is 16.5. The first kappa shape index (κ1) is 15.8. The van der Waals surface area contributed by atoms with Crippen molar-refractivity contribution >= 4 is 0 Å². The van der Waals surface area contributed by atoms with Gasteiger partial charge in [-0.1, -0.05) is 19.8 Å². The van der Waals surface area contributed by atoms with Crippen LogP contribution in [0.4, 0.5) is 0 Å². The van der Waals surface area contributed by atoms with Crippen LogP contribution in [0.5, 0.6) is 0 Å². The lowest BCUT2D eigenvalue weighted by molar-refractivity contribution is 0.0143. The molecule has 2 atom stereocenters. The first-order valence-corrected chi connectivity index (χ1v) is 9.18. The van der Waals surface area contributed by atoms with Crippen LogP contribution in [0.25, 0.3) is 0 Å². The molecule has 0 aromatic carbocycles. The van der Waals surface area contributed by atoms with Crippen LogP contribution in [0.2, 0.25) is 0 Å². The van der Waals surface area contributed by atoms with Gasteiger partial charge in [0.05, 0.1) is 0 Å². The summed E-state index contributed by atoms with van der Waals surface area (Å²) in [6.45, 7) is 6.90. The Labute approximate surface area is 130 Å². The zero-order chi connectivity index (χ0) is 14.7. The van der Waals surface area contributed by atoms with Crippen LogP contribution >= 0.6 is 0 Å². The lowest BCUT2D eigenvalue weighted by Crippen LogP contribution is -2.49. The standard InChI is InChI=1S/C18H34N2O/c1-15-4-3-9-18(12-15,13-19-16-5-6-16)14-20(2)17-7-10-21-11-8-17/h15-17,19H,3-14H2,1-2H3. The van der Waals surface area contributed by atoms with E-state index in [2.05, 4.69) is 24.2 Å². The van der Waals surface area contributed by atoms with Gasteiger partial charge in [0.15, 0.2) is 0 Å². The van der Waals surface area contributed by atoms with E-state index >= 15 is 0 Å². The molecule has 0 spiro atoms. The number of hydrogen-bond donors (Lipinski definition) is 1. The van der Waals surface area contributed by atoms with E-state index in [-0.39, 0.29) is 0 Å². The third kappa shape index (κ3) is 4.43. The molecule has 3 rings (SSSR count). The Morgan fingerprint density at radius 1 is 1.14 bits per heavy atom. The molecule has 1 saturated heterocycles. The van der Waals surface area contributed by atoms with Crippen LogP contribution < -0.4 is 5.32 Å². The van der Waals surface area contributed by atoms with Gasteiger partial charge in [0, 0.05) is 38.4 Å². The summed E-state index contributed by atoms with van der Waals surface area (Å²) in [6.07, 6.45) is 10.9. The fourth-order valence-electron chi connectivity index (χ4n) is 4.56. The van der Waals surface area contributed by atoms with Gasteiger partial charge in [-0.2, -0.15) is 0 Å². The molecule has 2 saturated carbocycles. The van der Waals surface area contributed by atoms with Crippen molar-refractivity contribution in [3.8, 4) is 0 Å². The molecule has 1 N–H and O–H groups in total. The van der Waals surface area contributed by atoms with Crippen molar-refractivity contribution in [2.75, 3.05) is 33.4 Å². The predicted molar refractivity (Wildman–Crippen MR) is 87.6 cm³/mol. The summed E-state index contributed by atoms with van der Waals surface area (Å²) in [5.41, 5.74) is 0.521. The summed E-state index contributed by atoms with van der Waals surface area (Å²) in [4.78, 5) is 2.66. The Morgan fingerprint density at radius 2 is 1.90 bits per heavy atom. The lowest BCUT2D eigenvalue weighted by Gasteiger charge is -2.45. The molecular weight excluding hydrogens is 260 g/mol. The Balaban J connectivity index is 1.59. The van der Waals surface area contributed by atoms with E-state index in [1.165, 1.54) is 64.5 Å². The minimum absolute atomic E-state index is 0.521. The monoisotopic (exact) mass is 294 g/mol. The predicted octanol–water partition coefficient (Wildman–Crippen LogP) is 3.05. The molecule has 0 bridgehead atoms. The molecule has 0 aromatic heterocycles. The van der Waals surface area contributed by atoms with Crippen LogP contribution in [0.1, 0.15) is 58.3 Å². The van der Waals surface area contributed by atoms with Crippen molar-refractivity contribution in [2.24, 2.45) is 11.3 Å². The summed E-state index contributed by atoms with van der Waals surface area (Å²) in [5.74, 6) is 0.905. The van der Waals surface area contributed by atoms with Crippen LogP contribution in [0.15, 0.2) is 0 Å². The van der Waals surface area contributed by atoms with Crippen LogP contribution in [0.3, 0.4) is 0 Å². The number of nitrogens with zero attached hydrogens (tertiary/aromatic N) is 1. The molecule has 2 unspecified atom stereocenters. The molecule has 2 aliphatic carbocycles. The van der Waals surface area contributed by atoms with Crippen molar-refractivity contribution in [2.45, 2.75) is 70.4 Å². The highest BCUT2D eigenvalue weighted by molar-refractivity contribution is 4.93. The van der Waals surface area contributed by atoms with Crippen LogP contribution in [-0.2, 0) is 4.74 Å². The second kappa shape index (κ2) is 6.97. The average Bonchev–Trinajstić information content (AvgIpc) is 3.30. The zero-order valence-corrected chi connectivity index (χ0v) is 14.1. The highest BCUT2D eigenvalue weighted by Gasteiger charge is 2.38. The van der Waals surface area contributed by atoms with Gasteiger partial charge in [-0.05, 0) is 56.9 Å². The third-order valence-corrected chi connectivity index (χ3v) is 5.93. The van der Waals surface area contributed by atoms with E-state index in [9.17, 15) is 0 Å². The molecule has 0 radical (unpaired) electrons. The third-order valence-electron chi connectivity index (χ3n) is 5.93. The van der Waals surface area contributed by atoms with Crippen molar-refractivity contribution in [3.05, 3.63) is 0 Å². The van der Waals surface area contributed by atoms with Gasteiger partial charge in [-0.3, -0.25) is 0 Å². The highest BCUT2D eigenvalue weighted by Crippen LogP contribution is 2.40. The van der Waals surface area contributed by atoms with Gasteiger partial charge in [-0.25, -0.2) is 0 Å². The normalized spacial score (nSPS) is 35.3. The van der Waals surface area contributed by atoms with Crippen molar-refractivity contribution in [1.82, 2.24) is 10.2 Å². The molecule has 3 heteroatoms. The molecule has 3 fully saturated rings. The maximum absolute atomic E-state index is 5.53. The van der Waals surface area contributed by atoms with Crippen LogP contribution in [0, 0.1) is 11.3 Å². The molecule has 21 heavy (non-hydrogen) atoms. The maximum atomic E-state index is 5.53. The second-order valence-electron chi connectivity index (χ2n) is 8.12. The van der Waals surface area contributed by atoms with E-state index in [0.717, 1.165) is 31.2 Å². The first-order valence-electron chi connectivity index (χ1n) is 9.18. The SMILES string of the molecule is CC1CCCC(CNC2CC2)(CN(C)C2CCOCC2)C1. The van der Waals surface area contributed by atoms with Crippen LogP contribution in [-0.4, -0.2) is 50.3 Å². The Kier molecular flexibility index (Phi) is 5.23. The first-order chi connectivity index (χ1) is 10.2. The fraction of sp³-hybridized carbons (Fsp3) is 1.00. The quantitative estimate of drug-likeness (QED) is 0.815. The topological polar surface area (TPSA) is 24.5 Å². The maximum Gasteiger partial charge on any atom is 0.0480 e. The minimum atomic E-state index is 0.521. The largest absolute Gasteiger partial charge is 0.381 e. The summed E-state index contributed by atoms with van der Waals surface area (Å²) in [6, 6.07) is 1.58. The molecule has 3 nitrogen and oxygen atoms in total. The number of ether oxygens (including phenoxy) is 1. The molecule has 1 heterocycles. The number of hydrogen-bond acceptors (Lipinski definition) is 3. The molecule has 122 valence electrons. The summed E-state index contributed by atoms with van der Waals surface area (Å²) in [7, 11) is 2.36. The van der Waals surface area contributed by atoms with Gasteiger partial charge in [-0.15, -0.1) is 0 Å². The van der Waals surface area contributed by atoms with Gasteiger partial charge < -0.3 is 15.0 Å². The molecule has 0 aromatic rings. The second-order valence-corrected chi connectivity index (χ2v) is 8.12. The summed E-state index contributed by atoms with van der Waals surface area (Å²) in [5, 5.41) is 3.84. The van der Waals surface area contributed by atoms with E-state index in [1.54, 1.807) is 0 Å². The summed E-state index contributed by atoms with van der Waals surface area (Å²) < 4.78 is 5.53.